The number of alkyl halides is 3. The van der Waals surface area contributed by atoms with Gasteiger partial charge in [0.15, 0.2) is 16.4 Å². The van der Waals surface area contributed by atoms with Crippen molar-refractivity contribution in [2.24, 2.45) is 0 Å². The number of halogens is 3. The highest BCUT2D eigenvalue weighted by Gasteiger charge is 2.29. The lowest BCUT2D eigenvalue weighted by atomic mass is 10.2. The van der Waals surface area contributed by atoms with Gasteiger partial charge in [0.1, 0.15) is 0 Å². The lowest BCUT2D eigenvalue weighted by molar-refractivity contribution is -0.154. The van der Waals surface area contributed by atoms with E-state index in [0.29, 0.717) is 0 Å². The molecule has 10 heteroatoms. The van der Waals surface area contributed by atoms with Crippen LogP contribution in [0.15, 0.2) is 47.5 Å². The van der Waals surface area contributed by atoms with Gasteiger partial charge >= 0.3 is 6.18 Å². The van der Waals surface area contributed by atoms with E-state index in [4.69, 9.17) is 0 Å². The fraction of sp³-hybridized carbons (Fsp3) is 0.294. The standard InChI is InChI=1S/C17H17F3N2O4S/c1-2-27(24,25)14-7-5-12(6-8-14)15(23)22-10-13-4-3-9-21-16(13)26-11-17(18,19)20/h3-9H,2,10-11H2,1H3,(H,22,23). The molecule has 0 atom stereocenters. The van der Waals surface area contributed by atoms with Crippen molar-refractivity contribution in [1.82, 2.24) is 10.3 Å². The summed E-state index contributed by atoms with van der Waals surface area (Å²) in [5, 5.41) is 2.54. The molecule has 0 aliphatic heterocycles. The van der Waals surface area contributed by atoms with Crippen LogP contribution in [-0.4, -0.2) is 37.8 Å². The summed E-state index contributed by atoms with van der Waals surface area (Å²) in [5.74, 6) is -0.791. The molecular formula is C17H17F3N2O4S. The Balaban J connectivity index is 2.04. The lowest BCUT2D eigenvalue weighted by Crippen LogP contribution is -2.24. The van der Waals surface area contributed by atoms with Crippen LogP contribution in [-0.2, 0) is 16.4 Å². The summed E-state index contributed by atoms with van der Waals surface area (Å²) >= 11 is 0. The lowest BCUT2D eigenvalue weighted by Gasteiger charge is -2.12. The number of aromatic nitrogens is 1. The number of nitrogens with zero attached hydrogens (tertiary/aromatic N) is 1. The zero-order chi connectivity index (χ0) is 20.1. The molecule has 27 heavy (non-hydrogen) atoms. The average Bonchev–Trinajstić information content (AvgIpc) is 2.64. The SMILES string of the molecule is CCS(=O)(=O)c1ccc(C(=O)NCc2cccnc2OCC(F)(F)F)cc1. The van der Waals surface area contributed by atoms with Crippen LogP contribution in [0.5, 0.6) is 5.88 Å². The molecule has 1 heterocycles. The van der Waals surface area contributed by atoms with E-state index in [9.17, 15) is 26.4 Å². The van der Waals surface area contributed by atoms with Gasteiger partial charge in [0.25, 0.3) is 5.91 Å². The summed E-state index contributed by atoms with van der Waals surface area (Å²) < 4.78 is 65.0. The molecule has 6 nitrogen and oxygen atoms in total. The van der Waals surface area contributed by atoms with Crippen LogP contribution < -0.4 is 10.1 Å². The third-order valence-corrected chi connectivity index (χ3v) is 5.27. The summed E-state index contributed by atoms with van der Waals surface area (Å²) in [5.41, 5.74) is 0.493. The van der Waals surface area contributed by atoms with Gasteiger partial charge in [-0.15, -0.1) is 0 Å². The van der Waals surface area contributed by atoms with Gasteiger partial charge in [-0.25, -0.2) is 13.4 Å². The molecule has 1 amide bonds. The fourth-order valence-corrected chi connectivity index (χ4v) is 2.98. The van der Waals surface area contributed by atoms with E-state index in [1.807, 2.05) is 0 Å². The maximum Gasteiger partial charge on any atom is 0.422 e. The molecule has 0 aliphatic rings. The minimum atomic E-state index is -4.50. The summed E-state index contributed by atoms with van der Waals surface area (Å²) in [4.78, 5) is 16.0. The first-order chi connectivity index (χ1) is 12.6. The molecule has 0 bridgehead atoms. The third-order valence-electron chi connectivity index (χ3n) is 3.52. The molecule has 2 rings (SSSR count). The first kappa shape index (κ1) is 20.7. The van der Waals surface area contributed by atoms with Crippen molar-refractivity contribution >= 4 is 15.7 Å². The largest absolute Gasteiger partial charge is 0.468 e. The van der Waals surface area contributed by atoms with Gasteiger partial charge in [0.05, 0.1) is 10.6 Å². The zero-order valence-corrected chi connectivity index (χ0v) is 15.1. The number of ether oxygens (including phenoxy) is 1. The van der Waals surface area contributed by atoms with Crippen molar-refractivity contribution in [1.29, 1.82) is 0 Å². The van der Waals surface area contributed by atoms with E-state index in [1.165, 1.54) is 49.5 Å². The quantitative estimate of drug-likeness (QED) is 0.770. The molecule has 1 aromatic carbocycles. The number of amides is 1. The number of nitrogens with one attached hydrogen (secondary N) is 1. The Labute approximate surface area is 154 Å². The Kier molecular flexibility index (Phi) is 6.42. The topological polar surface area (TPSA) is 85.4 Å². The smallest absolute Gasteiger partial charge is 0.422 e. The van der Waals surface area contributed by atoms with Crippen LogP contribution in [0.25, 0.3) is 0 Å². The molecule has 0 saturated heterocycles. The third kappa shape index (κ3) is 5.95. The Morgan fingerprint density at radius 2 is 1.85 bits per heavy atom. The Bertz CT molecular complexity index is 897. The van der Waals surface area contributed by atoms with Crippen molar-refractivity contribution in [2.75, 3.05) is 12.4 Å². The van der Waals surface area contributed by atoms with E-state index in [2.05, 4.69) is 15.0 Å². The number of hydrogen-bond acceptors (Lipinski definition) is 5. The van der Waals surface area contributed by atoms with Crippen molar-refractivity contribution < 1.29 is 31.1 Å². The van der Waals surface area contributed by atoms with Gasteiger partial charge in [-0.3, -0.25) is 4.79 Å². The zero-order valence-electron chi connectivity index (χ0n) is 14.3. The van der Waals surface area contributed by atoms with Gasteiger partial charge in [0.2, 0.25) is 5.88 Å². The van der Waals surface area contributed by atoms with Gasteiger partial charge in [0, 0.05) is 23.9 Å². The summed E-state index contributed by atoms with van der Waals surface area (Å²) in [6, 6.07) is 8.37. The maximum atomic E-state index is 12.3. The number of carbonyl (C=O) groups excluding carboxylic acids is 1. The van der Waals surface area contributed by atoms with Crippen molar-refractivity contribution in [2.45, 2.75) is 24.5 Å². The maximum absolute atomic E-state index is 12.3. The fourth-order valence-electron chi connectivity index (χ4n) is 2.10. The highest BCUT2D eigenvalue weighted by molar-refractivity contribution is 7.91. The molecule has 0 aliphatic carbocycles. The summed E-state index contributed by atoms with van der Waals surface area (Å²) in [6.07, 6.45) is -3.22. The summed E-state index contributed by atoms with van der Waals surface area (Å²) in [6.45, 7) is -0.0739. The van der Waals surface area contributed by atoms with E-state index in [0.717, 1.165) is 0 Å². The molecule has 146 valence electrons. The molecule has 0 unspecified atom stereocenters. The first-order valence-corrected chi connectivity index (χ1v) is 9.52. The number of pyridine rings is 1. The van der Waals surface area contributed by atoms with Gasteiger partial charge in [-0.05, 0) is 30.3 Å². The predicted octanol–water partition coefficient (Wildman–Crippen LogP) is 2.75. The van der Waals surface area contributed by atoms with Crippen LogP contribution >= 0.6 is 0 Å². The molecular weight excluding hydrogens is 385 g/mol. The van der Waals surface area contributed by atoms with Crippen molar-refractivity contribution in [3.63, 3.8) is 0 Å². The van der Waals surface area contributed by atoms with Crippen LogP contribution in [0.2, 0.25) is 0 Å². The Morgan fingerprint density at radius 3 is 2.44 bits per heavy atom. The van der Waals surface area contributed by atoms with Crippen molar-refractivity contribution in [3.05, 3.63) is 53.7 Å². The monoisotopic (exact) mass is 402 g/mol. The van der Waals surface area contributed by atoms with Gasteiger partial charge in [-0.1, -0.05) is 13.0 Å². The second kappa shape index (κ2) is 8.38. The average molecular weight is 402 g/mol. The first-order valence-electron chi connectivity index (χ1n) is 7.87. The van der Waals surface area contributed by atoms with E-state index in [-0.39, 0.29) is 34.2 Å². The minimum Gasteiger partial charge on any atom is -0.468 e. The Morgan fingerprint density at radius 1 is 1.19 bits per heavy atom. The van der Waals surface area contributed by atoms with Crippen LogP contribution in [0.1, 0.15) is 22.8 Å². The number of carbonyl (C=O) groups is 1. The normalized spacial score (nSPS) is 11.9. The van der Waals surface area contributed by atoms with E-state index in [1.54, 1.807) is 0 Å². The highest BCUT2D eigenvalue weighted by atomic mass is 32.2. The molecule has 0 saturated carbocycles. The molecule has 0 fully saturated rings. The number of hydrogen-bond donors (Lipinski definition) is 1. The Hall–Kier alpha value is -2.62. The molecule has 1 N–H and O–H groups in total. The molecule has 1 aromatic heterocycles. The number of sulfone groups is 1. The number of benzene rings is 1. The second-order valence-corrected chi connectivity index (χ2v) is 7.76. The van der Waals surface area contributed by atoms with Crippen LogP contribution in [0.3, 0.4) is 0 Å². The van der Waals surface area contributed by atoms with E-state index < -0.39 is 28.5 Å². The van der Waals surface area contributed by atoms with Gasteiger partial charge in [-0.2, -0.15) is 13.2 Å². The van der Waals surface area contributed by atoms with Crippen LogP contribution in [0.4, 0.5) is 13.2 Å². The highest BCUT2D eigenvalue weighted by Crippen LogP contribution is 2.20. The molecule has 2 aromatic rings. The molecule has 0 radical (unpaired) electrons. The number of rotatable bonds is 7. The van der Waals surface area contributed by atoms with Crippen LogP contribution in [0, 0.1) is 0 Å². The molecule has 0 spiro atoms. The second-order valence-electron chi connectivity index (χ2n) is 5.48. The van der Waals surface area contributed by atoms with Crippen molar-refractivity contribution in [3.8, 4) is 5.88 Å². The van der Waals surface area contributed by atoms with E-state index >= 15 is 0 Å². The van der Waals surface area contributed by atoms with Gasteiger partial charge < -0.3 is 10.1 Å². The summed E-state index contributed by atoms with van der Waals surface area (Å²) in [7, 11) is -3.37. The minimum absolute atomic E-state index is 0.0553. The predicted molar refractivity (Wildman–Crippen MR) is 91.1 cm³/mol.